The summed E-state index contributed by atoms with van der Waals surface area (Å²) in [6, 6.07) is 20.9. The minimum Gasteiger partial charge on any atom is -0.325 e. The highest BCUT2D eigenvalue weighted by molar-refractivity contribution is 7.10. The van der Waals surface area contributed by atoms with Crippen molar-refractivity contribution in [2.45, 2.75) is 25.8 Å². The van der Waals surface area contributed by atoms with Crippen molar-refractivity contribution in [3.63, 3.8) is 0 Å². The zero-order valence-electron chi connectivity index (χ0n) is 15.5. The molecule has 2 aromatic carbocycles. The fourth-order valence-corrected chi connectivity index (χ4v) is 4.79. The van der Waals surface area contributed by atoms with E-state index in [4.69, 9.17) is 0 Å². The highest BCUT2D eigenvalue weighted by Gasteiger charge is 2.30. The summed E-state index contributed by atoms with van der Waals surface area (Å²) >= 11 is 1.83. The number of nitrogens with one attached hydrogen (secondary N) is 1. The van der Waals surface area contributed by atoms with Gasteiger partial charge < -0.3 is 5.32 Å². The summed E-state index contributed by atoms with van der Waals surface area (Å²) in [4.78, 5) is 16.6. The minimum atomic E-state index is 0.0514. The zero-order chi connectivity index (χ0) is 18.6. The maximum absolute atomic E-state index is 12.8. The van der Waals surface area contributed by atoms with Crippen molar-refractivity contribution in [3.8, 4) is 0 Å². The predicted octanol–water partition coefficient (Wildman–Crippen LogP) is 4.90. The number of nitrogens with zero attached hydrogens (tertiary/aromatic N) is 1. The van der Waals surface area contributed by atoms with E-state index in [9.17, 15) is 4.79 Å². The summed E-state index contributed by atoms with van der Waals surface area (Å²) in [6.07, 6.45) is 1.92. The molecule has 1 aromatic heterocycles. The van der Waals surface area contributed by atoms with Crippen molar-refractivity contribution in [2.75, 3.05) is 18.4 Å². The van der Waals surface area contributed by atoms with Gasteiger partial charge in [0.2, 0.25) is 5.91 Å². The molecular formula is C23H24N2OS. The van der Waals surface area contributed by atoms with Crippen molar-refractivity contribution in [1.29, 1.82) is 0 Å². The van der Waals surface area contributed by atoms with E-state index in [2.05, 4.69) is 58.9 Å². The quantitative estimate of drug-likeness (QED) is 0.687. The number of benzene rings is 2. The molecule has 1 N–H and O–H groups in total. The number of hydrogen-bond donors (Lipinski definition) is 1. The van der Waals surface area contributed by atoms with Gasteiger partial charge in [-0.25, -0.2) is 0 Å². The van der Waals surface area contributed by atoms with Crippen LogP contribution in [0.5, 0.6) is 0 Å². The molecule has 2 heterocycles. The molecular weight excluding hydrogens is 352 g/mol. The number of carbonyl (C=O) groups is 1. The SMILES string of the molecule is CCc1ccccc1NC(=O)CN1CCc2sccc2C1c1ccccc1. The molecule has 0 fully saturated rings. The standard InChI is InChI=1S/C23H24N2OS/c1-2-17-8-6-7-11-20(17)24-22(26)16-25-14-12-21-19(13-15-27-21)23(25)18-9-4-3-5-10-18/h3-11,13,15,23H,2,12,14,16H2,1H3,(H,24,26). The van der Waals surface area contributed by atoms with Crippen molar-refractivity contribution in [3.05, 3.63) is 87.6 Å². The minimum absolute atomic E-state index is 0.0514. The average Bonchev–Trinajstić information content (AvgIpc) is 3.17. The van der Waals surface area contributed by atoms with Crippen LogP contribution in [0.15, 0.2) is 66.0 Å². The van der Waals surface area contributed by atoms with Crippen LogP contribution in [-0.2, 0) is 17.6 Å². The van der Waals surface area contributed by atoms with Crippen molar-refractivity contribution >= 4 is 22.9 Å². The summed E-state index contributed by atoms with van der Waals surface area (Å²) < 4.78 is 0. The first-order valence-electron chi connectivity index (χ1n) is 9.49. The highest BCUT2D eigenvalue weighted by Crippen LogP contribution is 2.37. The van der Waals surface area contributed by atoms with Gasteiger partial charge in [-0.15, -0.1) is 11.3 Å². The molecule has 0 aliphatic carbocycles. The van der Waals surface area contributed by atoms with Gasteiger partial charge in [-0.05, 0) is 47.0 Å². The Kier molecular flexibility index (Phi) is 5.37. The van der Waals surface area contributed by atoms with Crippen molar-refractivity contribution < 1.29 is 4.79 Å². The van der Waals surface area contributed by atoms with Crippen LogP contribution in [0, 0.1) is 0 Å². The molecule has 4 heteroatoms. The summed E-state index contributed by atoms with van der Waals surface area (Å²) in [5.41, 5.74) is 4.69. The van der Waals surface area contributed by atoms with E-state index >= 15 is 0 Å². The van der Waals surface area contributed by atoms with Gasteiger partial charge in [0.1, 0.15) is 0 Å². The monoisotopic (exact) mass is 376 g/mol. The van der Waals surface area contributed by atoms with E-state index in [1.165, 1.54) is 21.6 Å². The highest BCUT2D eigenvalue weighted by atomic mass is 32.1. The van der Waals surface area contributed by atoms with Crippen LogP contribution < -0.4 is 5.32 Å². The van der Waals surface area contributed by atoms with Gasteiger partial charge >= 0.3 is 0 Å². The topological polar surface area (TPSA) is 32.3 Å². The number of para-hydroxylation sites is 1. The average molecular weight is 377 g/mol. The Morgan fingerprint density at radius 3 is 2.70 bits per heavy atom. The van der Waals surface area contributed by atoms with Crippen LogP contribution in [-0.4, -0.2) is 23.9 Å². The molecule has 0 saturated carbocycles. The molecule has 0 saturated heterocycles. The number of hydrogen-bond acceptors (Lipinski definition) is 3. The number of carbonyl (C=O) groups excluding carboxylic acids is 1. The molecule has 27 heavy (non-hydrogen) atoms. The Morgan fingerprint density at radius 1 is 1.11 bits per heavy atom. The Morgan fingerprint density at radius 2 is 1.89 bits per heavy atom. The number of fused-ring (bicyclic) bond motifs is 1. The van der Waals surface area contributed by atoms with Crippen LogP contribution >= 0.6 is 11.3 Å². The Balaban J connectivity index is 1.56. The number of thiophene rings is 1. The molecule has 0 spiro atoms. The van der Waals surface area contributed by atoms with E-state index in [-0.39, 0.29) is 11.9 Å². The first kappa shape index (κ1) is 18.0. The third kappa shape index (κ3) is 3.82. The van der Waals surface area contributed by atoms with Gasteiger partial charge in [-0.1, -0.05) is 55.5 Å². The summed E-state index contributed by atoms with van der Waals surface area (Å²) in [5.74, 6) is 0.0514. The first-order chi connectivity index (χ1) is 13.3. The third-order valence-corrected chi connectivity index (χ3v) is 6.20. The molecule has 1 amide bonds. The Labute approximate surface area is 164 Å². The molecule has 3 nitrogen and oxygen atoms in total. The van der Waals surface area contributed by atoms with Gasteiger partial charge in [0.15, 0.2) is 0 Å². The largest absolute Gasteiger partial charge is 0.325 e. The molecule has 138 valence electrons. The van der Waals surface area contributed by atoms with Gasteiger partial charge in [0.25, 0.3) is 0 Å². The van der Waals surface area contributed by atoms with Crippen molar-refractivity contribution in [1.82, 2.24) is 4.90 Å². The molecule has 0 bridgehead atoms. The molecule has 1 aliphatic heterocycles. The normalized spacial score (nSPS) is 16.7. The Hall–Kier alpha value is -2.43. The van der Waals surface area contributed by atoms with Crippen LogP contribution in [0.1, 0.15) is 34.5 Å². The number of rotatable bonds is 5. The van der Waals surface area contributed by atoms with Crippen LogP contribution in [0.4, 0.5) is 5.69 Å². The number of anilines is 1. The van der Waals surface area contributed by atoms with E-state index in [0.29, 0.717) is 6.54 Å². The maximum Gasteiger partial charge on any atom is 0.238 e. The summed E-state index contributed by atoms with van der Waals surface area (Å²) in [6.45, 7) is 3.40. The predicted molar refractivity (Wildman–Crippen MR) is 112 cm³/mol. The zero-order valence-corrected chi connectivity index (χ0v) is 16.3. The van der Waals surface area contributed by atoms with Crippen LogP contribution in [0.25, 0.3) is 0 Å². The second kappa shape index (κ2) is 8.07. The van der Waals surface area contributed by atoms with Gasteiger partial charge in [0.05, 0.1) is 12.6 Å². The van der Waals surface area contributed by atoms with Crippen LogP contribution in [0.2, 0.25) is 0 Å². The molecule has 1 aliphatic rings. The smallest absolute Gasteiger partial charge is 0.238 e. The molecule has 1 atom stereocenters. The molecule has 4 rings (SSSR count). The lowest BCUT2D eigenvalue weighted by atomic mass is 9.93. The second-order valence-electron chi connectivity index (χ2n) is 6.89. The van der Waals surface area contributed by atoms with E-state index in [0.717, 1.165) is 25.1 Å². The lowest BCUT2D eigenvalue weighted by Gasteiger charge is -2.35. The molecule has 1 unspecified atom stereocenters. The fourth-order valence-electron chi connectivity index (χ4n) is 3.89. The maximum atomic E-state index is 12.8. The first-order valence-corrected chi connectivity index (χ1v) is 10.4. The summed E-state index contributed by atoms with van der Waals surface area (Å²) in [7, 11) is 0. The van der Waals surface area contributed by atoms with E-state index < -0.39 is 0 Å². The van der Waals surface area contributed by atoms with Gasteiger partial charge in [0, 0.05) is 17.1 Å². The van der Waals surface area contributed by atoms with E-state index in [1.54, 1.807) is 0 Å². The lowest BCUT2D eigenvalue weighted by molar-refractivity contribution is -0.117. The summed E-state index contributed by atoms with van der Waals surface area (Å²) in [5, 5.41) is 5.29. The van der Waals surface area contributed by atoms with Gasteiger partial charge in [-0.3, -0.25) is 9.69 Å². The van der Waals surface area contributed by atoms with E-state index in [1.807, 2.05) is 35.6 Å². The second-order valence-corrected chi connectivity index (χ2v) is 7.89. The van der Waals surface area contributed by atoms with Gasteiger partial charge in [-0.2, -0.15) is 0 Å². The Bertz CT molecular complexity index is 919. The van der Waals surface area contributed by atoms with Crippen LogP contribution in [0.3, 0.4) is 0 Å². The number of amides is 1. The number of aryl methyl sites for hydroxylation is 1. The molecule has 3 aromatic rings. The molecule has 0 radical (unpaired) electrons. The fraction of sp³-hybridized carbons (Fsp3) is 0.261. The third-order valence-electron chi connectivity index (χ3n) is 5.20. The van der Waals surface area contributed by atoms with Crippen molar-refractivity contribution in [2.24, 2.45) is 0 Å². The lowest BCUT2D eigenvalue weighted by Crippen LogP contribution is -2.40.